The molecule has 0 saturated carbocycles. The summed E-state index contributed by atoms with van der Waals surface area (Å²) in [6.07, 6.45) is 4.93. The maximum atomic E-state index is 8.13. The smallest absolute Gasteiger partial charge is 0.102 e. The molecular weight excluding hydrogens is 86.9 g/mol. The average Bonchev–Trinajstić information content (AvgIpc) is 1.69. The Labute approximate surface area is 44.8 Å². The zero-order valence-corrected chi connectivity index (χ0v) is 4.04. The first-order valence-electron chi connectivity index (χ1n) is 2.06. The monoisotopic (exact) mass is 94.1 g/mol. The van der Waals surface area contributed by atoms with Gasteiger partial charge in [0.05, 0.1) is 6.61 Å². The molecule has 0 unspecified atom stereocenters. The van der Waals surface area contributed by atoms with Crippen molar-refractivity contribution in [3.63, 3.8) is 0 Å². The minimum Gasteiger partial charge on any atom is -0.392 e. The number of aliphatic hydroxyl groups excluding tert-OH is 1. The molecule has 0 aliphatic rings. The van der Waals surface area contributed by atoms with E-state index in [0.29, 0.717) is 0 Å². The third kappa shape index (κ3) is 5.50. The van der Waals surface area contributed by atoms with E-state index in [2.05, 4.69) is 0 Å². The summed E-state index contributed by atoms with van der Waals surface area (Å²) in [5.41, 5.74) is 0. The van der Waals surface area contributed by atoms with Gasteiger partial charge < -0.3 is 5.11 Å². The summed E-state index contributed by atoms with van der Waals surface area (Å²) >= 11 is 0. The van der Waals surface area contributed by atoms with E-state index in [4.69, 9.17) is 13.0 Å². The zero-order chi connectivity index (χ0) is 5.54. The third-order valence-corrected chi connectivity index (χ3v) is 0.464. The summed E-state index contributed by atoms with van der Waals surface area (Å²) in [6, 6.07) is 0. The van der Waals surface area contributed by atoms with Crippen LogP contribution in [0.1, 0.15) is 0 Å². The minimum absolute atomic E-state index is 0.0737. The molecule has 0 aromatic rings. The van der Waals surface area contributed by atoms with Crippen LogP contribution in [0.5, 0.6) is 0 Å². The Balaban J connectivity index is 3.09. The zero-order valence-electron chi connectivity index (χ0n) is 4.04. The summed E-state index contributed by atoms with van der Waals surface area (Å²) in [4.78, 5) is 0. The van der Waals surface area contributed by atoms with E-state index >= 15 is 0 Å². The fourth-order valence-corrected chi connectivity index (χ4v) is 0.204. The van der Waals surface area contributed by atoms with Crippen molar-refractivity contribution in [1.82, 2.24) is 0 Å². The van der Waals surface area contributed by atoms with Gasteiger partial charge in [-0.05, 0) is 0 Å². The standard InChI is InChI=1S/C5H7BO/c6-4-2-1-3-5-7/h1-4,7H,5H2/b3-1+,4-2+. The summed E-state index contributed by atoms with van der Waals surface area (Å²) in [5.74, 6) is 1.41. The molecule has 0 aliphatic carbocycles. The highest BCUT2D eigenvalue weighted by atomic mass is 16.2. The summed E-state index contributed by atoms with van der Waals surface area (Å²) in [5, 5.41) is 8.13. The molecule has 0 aromatic heterocycles. The Kier molecular flexibility index (Phi) is 5.12. The van der Waals surface area contributed by atoms with Gasteiger partial charge in [-0.1, -0.05) is 18.2 Å². The Morgan fingerprint density at radius 1 is 1.43 bits per heavy atom. The van der Waals surface area contributed by atoms with Crippen LogP contribution < -0.4 is 0 Å². The van der Waals surface area contributed by atoms with E-state index in [9.17, 15) is 0 Å². The highest BCUT2D eigenvalue weighted by Gasteiger charge is 1.58. The lowest BCUT2D eigenvalue weighted by Gasteiger charge is -1.71. The molecule has 0 spiro atoms. The molecule has 0 fully saturated rings. The predicted octanol–water partition coefficient (Wildman–Crippen LogP) is 0.217. The Morgan fingerprint density at radius 2 is 2.14 bits per heavy atom. The van der Waals surface area contributed by atoms with Crippen molar-refractivity contribution in [1.29, 1.82) is 0 Å². The van der Waals surface area contributed by atoms with Gasteiger partial charge in [-0.3, -0.25) is 0 Å². The van der Waals surface area contributed by atoms with E-state index in [1.165, 1.54) is 5.98 Å². The largest absolute Gasteiger partial charge is 0.392 e. The van der Waals surface area contributed by atoms with Crippen molar-refractivity contribution in [3.05, 3.63) is 24.2 Å². The second kappa shape index (κ2) is 5.50. The second-order valence-electron chi connectivity index (χ2n) is 0.996. The van der Waals surface area contributed by atoms with Gasteiger partial charge in [-0.2, -0.15) is 0 Å². The van der Waals surface area contributed by atoms with Crippen LogP contribution in [0, 0.1) is 0 Å². The Bertz CT molecular complexity index is 76.1. The maximum absolute atomic E-state index is 8.13. The Hall–Kier alpha value is -0.495. The first-order chi connectivity index (χ1) is 3.41. The molecule has 36 valence electrons. The number of allylic oxidation sites excluding steroid dienone is 2. The third-order valence-electron chi connectivity index (χ3n) is 0.464. The van der Waals surface area contributed by atoms with E-state index in [1.807, 2.05) is 0 Å². The minimum atomic E-state index is 0.0737. The summed E-state index contributed by atoms with van der Waals surface area (Å²) in [6.45, 7) is 0.0737. The molecule has 0 atom stereocenters. The molecule has 0 heterocycles. The predicted molar refractivity (Wildman–Crippen MR) is 31.1 cm³/mol. The van der Waals surface area contributed by atoms with Crippen molar-refractivity contribution in [2.45, 2.75) is 0 Å². The van der Waals surface area contributed by atoms with E-state index in [1.54, 1.807) is 18.2 Å². The highest BCUT2D eigenvalue weighted by molar-refractivity contribution is 6.17. The topological polar surface area (TPSA) is 20.2 Å². The second-order valence-corrected chi connectivity index (χ2v) is 0.996. The molecule has 7 heavy (non-hydrogen) atoms. The number of rotatable bonds is 2. The Morgan fingerprint density at radius 3 is 2.57 bits per heavy atom. The molecule has 0 bridgehead atoms. The lowest BCUT2D eigenvalue weighted by atomic mass is 10.1. The van der Waals surface area contributed by atoms with Gasteiger partial charge in [0.25, 0.3) is 0 Å². The van der Waals surface area contributed by atoms with Crippen LogP contribution >= 0.6 is 0 Å². The number of aliphatic hydroxyl groups is 1. The highest BCUT2D eigenvalue weighted by Crippen LogP contribution is 1.70. The molecule has 1 nitrogen and oxygen atoms in total. The molecule has 2 radical (unpaired) electrons. The molecular formula is C5H7BO. The van der Waals surface area contributed by atoms with Gasteiger partial charge in [0.2, 0.25) is 0 Å². The van der Waals surface area contributed by atoms with Crippen LogP contribution in [-0.2, 0) is 0 Å². The van der Waals surface area contributed by atoms with Gasteiger partial charge in [0.1, 0.15) is 7.85 Å². The lowest BCUT2D eigenvalue weighted by Crippen LogP contribution is -1.67. The van der Waals surface area contributed by atoms with Crippen molar-refractivity contribution < 1.29 is 5.11 Å². The fourth-order valence-electron chi connectivity index (χ4n) is 0.204. The molecule has 1 N–H and O–H groups in total. The average molecular weight is 93.9 g/mol. The maximum Gasteiger partial charge on any atom is 0.102 e. The van der Waals surface area contributed by atoms with Crippen molar-refractivity contribution >= 4 is 7.85 Å². The first kappa shape index (κ1) is 6.50. The van der Waals surface area contributed by atoms with Crippen LogP contribution in [0.4, 0.5) is 0 Å². The van der Waals surface area contributed by atoms with Crippen LogP contribution in [-0.4, -0.2) is 19.6 Å². The van der Waals surface area contributed by atoms with Gasteiger partial charge in [0, 0.05) is 0 Å². The molecule has 0 amide bonds. The fraction of sp³-hybridized carbons (Fsp3) is 0.200. The molecule has 0 aliphatic heterocycles. The van der Waals surface area contributed by atoms with E-state index in [0.717, 1.165) is 0 Å². The van der Waals surface area contributed by atoms with Crippen LogP contribution in [0.3, 0.4) is 0 Å². The first-order valence-corrected chi connectivity index (χ1v) is 2.06. The molecule has 2 heteroatoms. The van der Waals surface area contributed by atoms with E-state index in [-0.39, 0.29) is 6.61 Å². The SMILES string of the molecule is [B]/C=C/C=C/CO. The van der Waals surface area contributed by atoms with Crippen molar-refractivity contribution in [2.75, 3.05) is 6.61 Å². The lowest BCUT2D eigenvalue weighted by molar-refractivity contribution is 0.343. The number of hydrogen-bond acceptors (Lipinski definition) is 1. The van der Waals surface area contributed by atoms with Crippen molar-refractivity contribution in [3.8, 4) is 0 Å². The summed E-state index contributed by atoms with van der Waals surface area (Å²) < 4.78 is 0. The van der Waals surface area contributed by atoms with Gasteiger partial charge in [0.15, 0.2) is 0 Å². The quantitative estimate of drug-likeness (QED) is 0.383. The summed E-state index contributed by atoms with van der Waals surface area (Å²) in [7, 11) is 4.96. The van der Waals surface area contributed by atoms with E-state index < -0.39 is 0 Å². The van der Waals surface area contributed by atoms with Crippen LogP contribution in [0.15, 0.2) is 24.2 Å². The van der Waals surface area contributed by atoms with Crippen LogP contribution in [0.2, 0.25) is 0 Å². The molecule has 0 rings (SSSR count). The van der Waals surface area contributed by atoms with Gasteiger partial charge in [-0.25, -0.2) is 0 Å². The van der Waals surface area contributed by atoms with Crippen molar-refractivity contribution in [2.24, 2.45) is 0 Å². The van der Waals surface area contributed by atoms with Gasteiger partial charge >= 0.3 is 0 Å². The molecule has 0 aromatic carbocycles. The number of hydrogen-bond donors (Lipinski definition) is 1. The van der Waals surface area contributed by atoms with Crippen LogP contribution in [0.25, 0.3) is 0 Å². The van der Waals surface area contributed by atoms with Gasteiger partial charge in [-0.15, -0.1) is 5.98 Å². The normalized spacial score (nSPS) is 11.6. The molecule has 0 saturated heterocycles.